The number of carbonyl (C=O) groups excluding carboxylic acids is 2. The van der Waals surface area contributed by atoms with Gasteiger partial charge in [0.25, 0.3) is 0 Å². The van der Waals surface area contributed by atoms with Crippen LogP contribution in [0.2, 0.25) is 5.02 Å². The van der Waals surface area contributed by atoms with E-state index in [9.17, 15) is 19.5 Å². The molecule has 0 aromatic heterocycles. The first-order chi connectivity index (χ1) is 27.3. The summed E-state index contributed by atoms with van der Waals surface area (Å²) in [5.41, 5.74) is 6.02. The van der Waals surface area contributed by atoms with Crippen LogP contribution in [0.15, 0.2) is 58.7 Å². The Morgan fingerprint density at radius 1 is 0.879 bits per heavy atom. The Labute approximate surface area is 355 Å². The first-order valence-corrected chi connectivity index (χ1v) is 23.2. The third-order valence-electron chi connectivity index (χ3n) is 17.7. The van der Waals surface area contributed by atoms with Gasteiger partial charge in [-0.15, -0.1) is 0 Å². The number of likely N-dealkylation sites (N-methyl/N-ethyl adjacent to an activating group) is 1. The van der Waals surface area contributed by atoms with Gasteiger partial charge < -0.3 is 10.0 Å². The molecular weight excluding hydrogens is 740 g/mol. The maximum absolute atomic E-state index is 15.0. The molecule has 0 radical (unpaired) electrons. The molecule has 0 saturated heterocycles. The second-order valence-corrected chi connectivity index (χ2v) is 22.0. The van der Waals surface area contributed by atoms with Crippen molar-refractivity contribution in [2.24, 2.45) is 56.7 Å². The van der Waals surface area contributed by atoms with Crippen molar-refractivity contribution in [1.82, 2.24) is 9.80 Å². The molecule has 1 aromatic carbocycles. The summed E-state index contributed by atoms with van der Waals surface area (Å²) in [6, 6.07) is 8.11. The fraction of sp³-hybridized carbons (Fsp3) is 0.706. The molecule has 6 nitrogen and oxygen atoms in total. The van der Waals surface area contributed by atoms with Crippen LogP contribution in [-0.4, -0.2) is 66.2 Å². The van der Waals surface area contributed by atoms with E-state index in [1.165, 1.54) is 35.1 Å². The Balaban J connectivity index is 1.13. The lowest BCUT2D eigenvalue weighted by atomic mass is 9.33. The van der Waals surface area contributed by atoms with Crippen molar-refractivity contribution < 1.29 is 19.5 Å². The van der Waals surface area contributed by atoms with E-state index in [0.717, 1.165) is 88.1 Å². The summed E-state index contributed by atoms with van der Waals surface area (Å²) in [5, 5.41) is 10.4. The number of nitrogens with zero attached hydrogens (tertiary/aromatic N) is 2. The molecule has 6 aliphatic rings. The van der Waals surface area contributed by atoms with Crippen LogP contribution in [0, 0.1) is 56.7 Å². The molecule has 0 amide bonds. The SMILES string of the molecule is CC(C)C1=C2[C@@H]3CC[C@@H]4[C@@]5(C)CC=C(C6=CC[C@H](C(=O)O)CC6)C(C)(C)[C@@H]5CC[C@@]4(C)[C@]3(C)CC[C@@]2(C(=O)CCCN(CCN(C)C)Cc2ccc(Cl)cc2)CC1=O. The maximum atomic E-state index is 15.0. The summed E-state index contributed by atoms with van der Waals surface area (Å²) in [5.74, 6) is 1.11. The Morgan fingerprint density at radius 2 is 1.60 bits per heavy atom. The fourth-order valence-corrected chi connectivity index (χ4v) is 14.7. The molecule has 3 fully saturated rings. The van der Waals surface area contributed by atoms with Crippen molar-refractivity contribution in [3.05, 3.63) is 69.3 Å². The van der Waals surface area contributed by atoms with Gasteiger partial charge in [0.1, 0.15) is 5.78 Å². The maximum Gasteiger partial charge on any atom is 0.306 e. The molecule has 6 aliphatic carbocycles. The monoisotopic (exact) mass is 813 g/mol. The fourth-order valence-electron chi connectivity index (χ4n) is 14.6. The Morgan fingerprint density at radius 3 is 2.24 bits per heavy atom. The summed E-state index contributed by atoms with van der Waals surface area (Å²) in [7, 11) is 4.22. The Hall–Kier alpha value is -2.54. The van der Waals surface area contributed by atoms with E-state index < -0.39 is 11.4 Å². The lowest BCUT2D eigenvalue weighted by Gasteiger charge is -2.71. The molecule has 58 heavy (non-hydrogen) atoms. The van der Waals surface area contributed by atoms with E-state index in [1.807, 2.05) is 12.1 Å². The van der Waals surface area contributed by atoms with Crippen LogP contribution in [-0.2, 0) is 20.9 Å². The van der Waals surface area contributed by atoms with Gasteiger partial charge in [0, 0.05) is 37.5 Å². The Bertz CT molecular complexity index is 1870. The lowest BCUT2D eigenvalue weighted by Crippen LogP contribution is -2.64. The van der Waals surface area contributed by atoms with Gasteiger partial charge in [-0.05, 0) is 177 Å². The smallest absolute Gasteiger partial charge is 0.306 e. The zero-order valence-electron chi connectivity index (χ0n) is 37.3. The van der Waals surface area contributed by atoms with E-state index in [2.05, 4.69) is 96.6 Å². The number of carbonyl (C=O) groups is 3. The van der Waals surface area contributed by atoms with E-state index in [0.29, 0.717) is 36.9 Å². The molecule has 7 heteroatoms. The van der Waals surface area contributed by atoms with Gasteiger partial charge >= 0.3 is 5.97 Å². The van der Waals surface area contributed by atoms with E-state index in [4.69, 9.17) is 11.6 Å². The zero-order chi connectivity index (χ0) is 42.0. The highest BCUT2D eigenvalue weighted by molar-refractivity contribution is 6.30. The number of carboxylic acid groups (broad SMARTS) is 1. The normalized spacial score (nSPS) is 35.6. The van der Waals surface area contributed by atoms with E-state index >= 15 is 0 Å². The molecule has 0 unspecified atom stereocenters. The van der Waals surface area contributed by atoms with Crippen LogP contribution in [0.5, 0.6) is 0 Å². The summed E-state index contributed by atoms with van der Waals surface area (Å²) in [6.07, 6.45) is 16.2. The number of aliphatic carboxylic acids is 1. The average molecular weight is 814 g/mol. The number of hydrogen-bond acceptors (Lipinski definition) is 5. The van der Waals surface area contributed by atoms with E-state index in [1.54, 1.807) is 0 Å². The van der Waals surface area contributed by atoms with Gasteiger partial charge in [-0.25, -0.2) is 0 Å². The first-order valence-electron chi connectivity index (χ1n) is 22.8. The van der Waals surface area contributed by atoms with Crippen LogP contribution in [0.1, 0.15) is 138 Å². The number of fused-ring (bicyclic) bond motifs is 7. The van der Waals surface area contributed by atoms with Crippen LogP contribution >= 0.6 is 11.6 Å². The predicted molar refractivity (Wildman–Crippen MR) is 235 cm³/mol. The van der Waals surface area contributed by atoms with Crippen LogP contribution < -0.4 is 0 Å². The third kappa shape index (κ3) is 7.25. The number of allylic oxidation sites excluding steroid dienone is 6. The van der Waals surface area contributed by atoms with Crippen molar-refractivity contribution in [3.63, 3.8) is 0 Å². The van der Waals surface area contributed by atoms with Gasteiger partial charge in [0.15, 0.2) is 5.78 Å². The van der Waals surface area contributed by atoms with Crippen molar-refractivity contribution in [3.8, 4) is 0 Å². The minimum absolute atomic E-state index is 0.0151. The standard InChI is InChI=1S/C51H73ClN2O4/c1-33(2)44-40(55)31-51(43(56)11-10-28-54(30-29-53(8)9)32-34-12-18-37(52)19-13-34)27-26-49(6)39(45(44)51)20-21-42-48(5)24-22-38(35-14-16-36(17-15-35)46(57)58)47(3,4)41(48)23-25-50(42,49)7/h12-14,18-19,22,33,36,39,41-42H,10-11,15-17,20-21,23-32H2,1-9H3,(H,57,58)/t36-,39-,41-,42+,48-,49+,50+,51-/m0/s1. The first kappa shape index (κ1) is 43.5. The van der Waals surface area contributed by atoms with Crippen molar-refractivity contribution >= 4 is 29.1 Å². The van der Waals surface area contributed by atoms with Gasteiger partial charge in [-0.3, -0.25) is 19.3 Å². The molecule has 0 aliphatic heterocycles. The minimum Gasteiger partial charge on any atom is -0.481 e. The van der Waals surface area contributed by atoms with Crippen LogP contribution in [0.4, 0.5) is 0 Å². The molecule has 0 heterocycles. The topological polar surface area (TPSA) is 77.9 Å². The molecule has 7 rings (SSSR count). The predicted octanol–water partition coefficient (Wildman–Crippen LogP) is 11.4. The number of carboxylic acids is 1. The summed E-state index contributed by atoms with van der Waals surface area (Å²) >= 11 is 6.20. The molecule has 0 spiro atoms. The molecular formula is C51H73ClN2O4. The molecule has 1 N–H and O–H groups in total. The number of Topliss-reactive ketones (excluding diaryl/α,β-unsaturated/α-hetero) is 2. The van der Waals surface area contributed by atoms with Crippen LogP contribution in [0.3, 0.4) is 0 Å². The quantitative estimate of drug-likeness (QED) is 0.214. The second kappa shape index (κ2) is 16.1. The average Bonchev–Trinajstić information content (AvgIpc) is 3.48. The van der Waals surface area contributed by atoms with Crippen molar-refractivity contribution in [2.45, 2.75) is 138 Å². The molecule has 1 aromatic rings. The zero-order valence-corrected chi connectivity index (χ0v) is 38.1. The highest BCUT2D eigenvalue weighted by Gasteiger charge is 2.70. The third-order valence-corrected chi connectivity index (χ3v) is 18.0. The number of rotatable bonds is 13. The van der Waals surface area contributed by atoms with Gasteiger partial charge in [-0.1, -0.05) is 84.4 Å². The summed E-state index contributed by atoms with van der Waals surface area (Å²) in [6.45, 7) is 20.7. The van der Waals surface area contributed by atoms with Gasteiger partial charge in [0.2, 0.25) is 0 Å². The summed E-state index contributed by atoms with van der Waals surface area (Å²) < 4.78 is 0. The number of benzene rings is 1. The Kier molecular flexibility index (Phi) is 12.1. The highest BCUT2D eigenvalue weighted by Crippen LogP contribution is 2.77. The van der Waals surface area contributed by atoms with Crippen LogP contribution in [0.25, 0.3) is 0 Å². The summed E-state index contributed by atoms with van der Waals surface area (Å²) in [4.78, 5) is 45.6. The minimum atomic E-state index is -0.665. The largest absolute Gasteiger partial charge is 0.481 e. The van der Waals surface area contributed by atoms with Gasteiger partial charge in [-0.2, -0.15) is 0 Å². The number of ketones is 2. The molecule has 0 bridgehead atoms. The van der Waals surface area contributed by atoms with Gasteiger partial charge in [0.05, 0.1) is 11.3 Å². The lowest BCUT2D eigenvalue weighted by molar-refractivity contribution is -0.199. The highest BCUT2D eigenvalue weighted by atomic mass is 35.5. The molecule has 318 valence electrons. The van der Waals surface area contributed by atoms with E-state index in [-0.39, 0.29) is 45.2 Å². The second-order valence-electron chi connectivity index (χ2n) is 21.6. The van der Waals surface area contributed by atoms with Crippen molar-refractivity contribution in [1.29, 1.82) is 0 Å². The molecule has 3 saturated carbocycles. The van der Waals surface area contributed by atoms with Crippen molar-refractivity contribution in [2.75, 3.05) is 33.7 Å². The molecule has 8 atom stereocenters. The number of halogens is 1. The number of hydrogen-bond donors (Lipinski definition) is 1.